The molecule has 2 saturated heterocycles. The van der Waals surface area contributed by atoms with E-state index in [0.29, 0.717) is 25.9 Å². The van der Waals surface area contributed by atoms with Crippen molar-refractivity contribution in [2.75, 3.05) is 32.8 Å². The maximum atomic E-state index is 12.0. The fourth-order valence-electron chi connectivity index (χ4n) is 2.31. The quantitative estimate of drug-likeness (QED) is 0.646. The van der Waals surface area contributed by atoms with Crippen LogP contribution in [-0.2, 0) is 23.9 Å². The van der Waals surface area contributed by atoms with Crippen molar-refractivity contribution in [1.29, 1.82) is 0 Å². The molecular formula is C12H16N2O6. The van der Waals surface area contributed by atoms with Crippen molar-refractivity contribution >= 4 is 23.7 Å². The summed E-state index contributed by atoms with van der Waals surface area (Å²) in [6, 6.07) is 0. The molecule has 0 spiro atoms. The lowest BCUT2D eigenvalue weighted by atomic mass is 9.97. The average molecular weight is 284 g/mol. The van der Waals surface area contributed by atoms with Gasteiger partial charge in [0.2, 0.25) is 5.91 Å². The third kappa shape index (κ3) is 3.13. The number of rotatable bonds is 3. The lowest BCUT2D eigenvalue weighted by Crippen LogP contribution is -2.52. The fraction of sp³-hybridized carbons (Fsp3) is 0.667. The van der Waals surface area contributed by atoms with E-state index < -0.39 is 23.7 Å². The second kappa shape index (κ2) is 6.00. The number of amides is 3. The van der Waals surface area contributed by atoms with Gasteiger partial charge in [0.05, 0.1) is 5.92 Å². The normalized spacial score (nSPS) is 21.2. The lowest BCUT2D eigenvalue weighted by molar-refractivity contribution is -0.162. The highest BCUT2D eigenvalue weighted by Gasteiger charge is 2.32. The number of likely N-dealkylation sites (tertiary alicyclic amines) is 1. The molecule has 2 fully saturated rings. The van der Waals surface area contributed by atoms with E-state index in [2.05, 4.69) is 0 Å². The van der Waals surface area contributed by atoms with E-state index in [0.717, 1.165) is 4.90 Å². The Hall–Kier alpha value is -1.96. The first-order valence-corrected chi connectivity index (χ1v) is 6.40. The molecule has 0 saturated carbocycles. The van der Waals surface area contributed by atoms with Crippen LogP contribution in [0.15, 0.2) is 0 Å². The number of piperidine rings is 1. The Morgan fingerprint density at radius 2 is 1.70 bits per heavy atom. The summed E-state index contributed by atoms with van der Waals surface area (Å²) in [7, 11) is 0. The molecule has 2 aliphatic heterocycles. The molecule has 2 rings (SSSR count). The molecule has 2 heterocycles. The molecule has 8 nitrogen and oxygen atoms in total. The van der Waals surface area contributed by atoms with Gasteiger partial charge in [-0.3, -0.25) is 24.1 Å². The standard InChI is InChI=1S/C12H16N2O6/c15-9(5-14-10(16)6-20-7-11(14)17)13-3-1-8(2-4-13)12(18)19/h8H,1-7H2,(H,18,19). The molecule has 20 heavy (non-hydrogen) atoms. The minimum atomic E-state index is -0.851. The number of hydrogen-bond donors (Lipinski definition) is 1. The maximum absolute atomic E-state index is 12.0. The first-order valence-electron chi connectivity index (χ1n) is 6.40. The molecule has 0 bridgehead atoms. The summed E-state index contributed by atoms with van der Waals surface area (Å²) in [6.07, 6.45) is 0.790. The van der Waals surface area contributed by atoms with Gasteiger partial charge in [0.15, 0.2) is 0 Å². The first-order chi connectivity index (χ1) is 9.49. The second-order valence-corrected chi connectivity index (χ2v) is 4.86. The zero-order chi connectivity index (χ0) is 14.7. The van der Waals surface area contributed by atoms with Gasteiger partial charge in [-0.1, -0.05) is 0 Å². The summed E-state index contributed by atoms with van der Waals surface area (Å²) in [6.45, 7) is -0.00990. The Morgan fingerprint density at radius 3 is 2.20 bits per heavy atom. The molecule has 0 aromatic heterocycles. The van der Waals surface area contributed by atoms with E-state index in [9.17, 15) is 19.2 Å². The van der Waals surface area contributed by atoms with Crippen molar-refractivity contribution in [3.8, 4) is 0 Å². The van der Waals surface area contributed by atoms with Crippen LogP contribution < -0.4 is 0 Å². The third-order valence-electron chi connectivity index (χ3n) is 3.54. The number of imide groups is 1. The summed E-state index contributed by atoms with van der Waals surface area (Å²) >= 11 is 0. The zero-order valence-corrected chi connectivity index (χ0v) is 10.9. The topological polar surface area (TPSA) is 104 Å². The number of carboxylic acid groups (broad SMARTS) is 1. The Kier molecular flexibility index (Phi) is 4.33. The van der Waals surface area contributed by atoms with Gasteiger partial charge in [0.25, 0.3) is 11.8 Å². The number of nitrogens with zero attached hydrogens (tertiary/aromatic N) is 2. The Balaban J connectivity index is 1.88. The van der Waals surface area contributed by atoms with Crippen molar-refractivity contribution in [3.05, 3.63) is 0 Å². The van der Waals surface area contributed by atoms with E-state index in [1.54, 1.807) is 0 Å². The van der Waals surface area contributed by atoms with E-state index >= 15 is 0 Å². The number of carboxylic acids is 1. The van der Waals surface area contributed by atoms with Gasteiger partial charge < -0.3 is 14.7 Å². The summed E-state index contributed by atoms with van der Waals surface area (Å²) in [5.41, 5.74) is 0. The molecule has 0 aliphatic carbocycles. The monoisotopic (exact) mass is 284 g/mol. The summed E-state index contributed by atoms with van der Waals surface area (Å²) < 4.78 is 4.76. The molecule has 110 valence electrons. The highest BCUT2D eigenvalue weighted by molar-refractivity contribution is 6.01. The summed E-state index contributed by atoms with van der Waals surface area (Å²) in [5.74, 6) is -2.65. The number of ether oxygens (including phenoxy) is 1. The van der Waals surface area contributed by atoms with E-state index in [4.69, 9.17) is 9.84 Å². The second-order valence-electron chi connectivity index (χ2n) is 4.86. The van der Waals surface area contributed by atoms with E-state index in [-0.39, 0.29) is 25.7 Å². The van der Waals surface area contributed by atoms with Gasteiger partial charge >= 0.3 is 5.97 Å². The van der Waals surface area contributed by atoms with E-state index in [1.165, 1.54) is 4.90 Å². The van der Waals surface area contributed by atoms with Crippen molar-refractivity contribution in [3.63, 3.8) is 0 Å². The zero-order valence-electron chi connectivity index (χ0n) is 10.9. The SMILES string of the molecule is O=C(O)C1CCN(C(=O)CN2C(=O)COCC2=O)CC1. The molecule has 0 atom stereocenters. The Labute approximate surface area is 115 Å². The fourth-order valence-corrected chi connectivity index (χ4v) is 2.31. The molecule has 0 aromatic rings. The Morgan fingerprint density at radius 1 is 1.15 bits per heavy atom. The van der Waals surface area contributed by atoms with E-state index in [1.807, 2.05) is 0 Å². The van der Waals surface area contributed by atoms with Crippen molar-refractivity contribution in [1.82, 2.24) is 9.80 Å². The number of morpholine rings is 1. The lowest BCUT2D eigenvalue weighted by Gasteiger charge is -2.32. The van der Waals surface area contributed by atoms with Crippen LogP contribution in [0.1, 0.15) is 12.8 Å². The number of aliphatic carboxylic acids is 1. The molecule has 3 amide bonds. The van der Waals surface area contributed by atoms with Crippen molar-refractivity contribution in [2.24, 2.45) is 5.92 Å². The predicted molar refractivity (Wildman–Crippen MR) is 64.5 cm³/mol. The summed E-state index contributed by atoms with van der Waals surface area (Å²) in [5, 5.41) is 8.88. The van der Waals surface area contributed by atoms with Gasteiger partial charge in [-0.05, 0) is 12.8 Å². The highest BCUT2D eigenvalue weighted by atomic mass is 16.5. The van der Waals surface area contributed by atoms with Gasteiger partial charge in [-0.25, -0.2) is 0 Å². The molecule has 1 N–H and O–H groups in total. The number of hydrogen-bond acceptors (Lipinski definition) is 5. The van der Waals surface area contributed by atoms with Gasteiger partial charge in [0, 0.05) is 13.1 Å². The summed E-state index contributed by atoms with van der Waals surface area (Å²) in [4.78, 5) is 48.2. The number of carbonyl (C=O) groups is 4. The van der Waals surface area contributed by atoms with Crippen LogP contribution in [-0.4, -0.2) is 71.4 Å². The smallest absolute Gasteiger partial charge is 0.306 e. The molecule has 0 unspecified atom stereocenters. The van der Waals surface area contributed by atoms with Crippen LogP contribution in [0, 0.1) is 5.92 Å². The van der Waals surface area contributed by atoms with Crippen LogP contribution in [0.2, 0.25) is 0 Å². The maximum Gasteiger partial charge on any atom is 0.306 e. The third-order valence-corrected chi connectivity index (χ3v) is 3.54. The van der Waals surface area contributed by atoms with Crippen molar-refractivity contribution < 1.29 is 29.0 Å². The van der Waals surface area contributed by atoms with Crippen LogP contribution in [0.5, 0.6) is 0 Å². The molecular weight excluding hydrogens is 268 g/mol. The van der Waals surface area contributed by atoms with Crippen LogP contribution >= 0.6 is 0 Å². The van der Waals surface area contributed by atoms with Crippen LogP contribution in [0.3, 0.4) is 0 Å². The van der Waals surface area contributed by atoms with Crippen molar-refractivity contribution in [2.45, 2.75) is 12.8 Å². The molecule has 2 aliphatic rings. The molecule has 0 radical (unpaired) electrons. The minimum absolute atomic E-state index is 0.194. The Bertz CT molecular complexity index is 425. The molecule has 8 heteroatoms. The van der Waals surface area contributed by atoms with Crippen LogP contribution in [0.4, 0.5) is 0 Å². The first kappa shape index (κ1) is 14.4. The predicted octanol–water partition coefficient (Wildman–Crippen LogP) is -1.30. The number of carbonyl (C=O) groups excluding carboxylic acids is 3. The average Bonchev–Trinajstić information content (AvgIpc) is 2.43. The highest BCUT2D eigenvalue weighted by Crippen LogP contribution is 2.17. The largest absolute Gasteiger partial charge is 0.481 e. The van der Waals surface area contributed by atoms with Gasteiger partial charge in [0.1, 0.15) is 19.8 Å². The van der Waals surface area contributed by atoms with Crippen LogP contribution in [0.25, 0.3) is 0 Å². The van der Waals surface area contributed by atoms with Gasteiger partial charge in [-0.2, -0.15) is 0 Å². The minimum Gasteiger partial charge on any atom is -0.481 e. The van der Waals surface area contributed by atoms with Gasteiger partial charge in [-0.15, -0.1) is 0 Å². The molecule has 0 aromatic carbocycles.